The second kappa shape index (κ2) is 7.84. The van der Waals surface area contributed by atoms with Crippen LogP contribution < -0.4 is 5.32 Å². The number of rotatable bonds is 4. The molecule has 5 heteroatoms. The van der Waals surface area contributed by atoms with Crippen molar-refractivity contribution in [3.63, 3.8) is 0 Å². The van der Waals surface area contributed by atoms with Gasteiger partial charge in [0.15, 0.2) is 5.15 Å². The van der Waals surface area contributed by atoms with Gasteiger partial charge in [-0.05, 0) is 69.5 Å². The molecule has 146 valence electrons. The number of halogens is 1. The molecule has 3 aromatic rings. The highest BCUT2D eigenvalue weighted by Gasteiger charge is 2.24. The van der Waals surface area contributed by atoms with E-state index >= 15 is 0 Å². The maximum Gasteiger partial charge on any atom is 0.157 e. The van der Waals surface area contributed by atoms with Crippen LogP contribution in [-0.2, 0) is 19.4 Å². The van der Waals surface area contributed by atoms with Crippen molar-refractivity contribution in [2.45, 2.75) is 51.5 Å². The first-order valence-corrected chi connectivity index (χ1v) is 11.0. The molecule has 1 saturated heterocycles. The van der Waals surface area contributed by atoms with Gasteiger partial charge in [0.2, 0.25) is 0 Å². The number of hydrogen-bond acceptors (Lipinski definition) is 3. The summed E-state index contributed by atoms with van der Waals surface area (Å²) in [5.41, 5.74) is 5.84. The summed E-state index contributed by atoms with van der Waals surface area (Å²) in [6.45, 7) is 3.29. The Bertz CT molecular complexity index is 973. The molecule has 3 heterocycles. The number of benzene rings is 1. The first kappa shape index (κ1) is 18.1. The number of nitrogens with zero attached hydrogens (tertiary/aromatic N) is 3. The topological polar surface area (TPSA) is 42.7 Å². The van der Waals surface area contributed by atoms with E-state index in [9.17, 15) is 0 Å². The highest BCUT2D eigenvalue weighted by molar-refractivity contribution is 6.33. The first-order chi connectivity index (χ1) is 13.8. The fraction of sp³-hybridized carbons (Fsp3) is 0.478. The van der Waals surface area contributed by atoms with E-state index in [0.717, 1.165) is 55.3 Å². The Labute approximate surface area is 171 Å². The van der Waals surface area contributed by atoms with Crippen LogP contribution in [0.3, 0.4) is 0 Å². The van der Waals surface area contributed by atoms with Gasteiger partial charge in [-0.3, -0.25) is 0 Å². The fourth-order valence-corrected chi connectivity index (χ4v) is 5.08. The third-order valence-electron chi connectivity index (χ3n) is 6.37. The molecule has 2 aromatic heterocycles. The minimum absolute atomic E-state index is 0.563. The van der Waals surface area contributed by atoms with Crippen LogP contribution in [0, 0.1) is 5.92 Å². The van der Waals surface area contributed by atoms with Crippen molar-refractivity contribution in [1.82, 2.24) is 19.9 Å². The summed E-state index contributed by atoms with van der Waals surface area (Å²) in [4.78, 5) is 9.73. The highest BCUT2D eigenvalue weighted by atomic mass is 35.5. The molecule has 0 radical (unpaired) electrons. The van der Waals surface area contributed by atoms with Gasteiger partial charge in [0.25, 0.3) is 0 Å². The number of nitrogens with one attached hydrogen (secondary N) is 1. The molecule has 5 rings (SSSR count). The summed E-state index contributed by atoms with van der Waals surface area (Å²) >= 11 is 6.62. The van der Waals surface area contributed by atoms with Crippen molar-refractivity contribution in [3.8, 4) is 11.4 Å². The summed E-state index contributed by atoms with van der Waals surface area (Å²) < 4.78 is 2.45. The highest BCUT2D eigenvalue weighted by Crippen LogP contribution is 2.35. The molecule has 1 aliphatic heterocycles. The summed E-state index contributed by atoms with van der Waals surface area (Å²) in [5.74, 6) is 1.82. The Hall–Kier alpha value is -1.91. The van der Waals surface area contributed by atoms with Crippen molar-refractivity contribution < 1.29 is 0 Å². The molecule has 4 nitrogen and oxygen atoms in total. The van der Waals surface area contributed by atoms with E-state index in [1.54, 1.807) is 0 Å². The average Bonchev–Trinajstić information content (AvgIpc) is 3.14. The zero-order valence-corrected chi connectivity index (χ0v) is 17.0. The largest absolute Gasteiger partial charge is 0.324 e. The van der Waals surface area contributed by atoms with Crippen molar-refractivity contribution in [2.75, 3.05) is 13.1 Å². The third-order valence-corrected chi connectivity index (χ3v) is 6.64. The molecular weight excluding hydrogens is 368 g/mol. The number of hydrogen-bond donors (Lipinski definition) is 1. The van der Waals surface area contributed by atoms with Crippen molar-refractivity contribution >= 4 is 22.6 Å². The maximum absolute atomic E-state index is 6.62. The maximum atomic E-state index is 6.62. The van der Waals surface area contributed by atoms with Gasteiger partial charge >= 0.3 is 0 Å². The van der Waals surface area contributed by atoms with Crippen LogP contribution in [0.5, 0.6) is 0 Å². The summed E-state index contributed by atoms with van der Waals surface area (Å²) in [7, 11) is 0. The lowest BCUT2D eigenvalue weighted by Gasteiger charge is -2.24. The van der Waals surface area contributed by atoms with Gasteiger partial charge in [0.05, 0.1) is 5.52 Å². The summed E-state index contributed by atoms with van der Waals surface area (Å²) in [6.07, 6.45) is 8.29. The van der Waals surface area contributed by atoms with E-state index in [0.29, 0.717) is 5.15 Å². The zero-order valence-electron chi connectivity index (χ0n) is 16.3. The number of aromatic nitrogens is 3. The van der Waals surface area contributed by atoms with Crippen LogP contribution >= 0.6 is 11.6 Å². The standard InChI is InChI=1S/C23H27ClN4/c24-22-20-21(18-8-4-5-9-19(18)26-22)28(15-12-16-10-13-25-14-11-16)23(27-20)17-6-2-1-3-7-17/h1-3,6-7,16,25H,4-5,8-15H2. The van der Waals surface area contributed by atoms with Crippen LogP contribution in [0.4, 0.5) is 0 Å². The summed E-state index contributed by atoms with van der Waals surface area (Å²) in [5, 5.41) is 4.04. The molecule has 1 aliphatic carbocycles. The van der Waals surface area contributed by atoms with Crippen molar-refractivity contribution in [3.05, 3.63) is 46.7 Å². The average molecular weight is 395 g/mol. The van der Waals surface area contributed by atoms with E-state index in [-0.39, 0.29) is 0 Å². The molecular formula is C23H27ClN4. The SMILES string of the molecule is Clc1nc2c(c3c1nc(-c1ccccc1)n3CCC1CCNCC1)CCCC2. The third kappa shape index (κ3) is 3.33. The van der Waals surface area contributed by atoms with Crippen LogP contribution in [0.1, 0.15) is 43.4 Å². The zero-order chi connectivity index (χ0) is 18.9. The number of pyridine rings is 1. The fourth-order valence-electron chi connectivity index (χ4n) is 4.85. The predicted molar refractivity (Wildman–Crippen MR) is 115 cm³/mol. The van der Waals surface area contributed by atoms with Crippen molar-refractivity contribution in [1.29, 1.82) is 0 Å². The van der Waals surface area contributed by atoms with Crippen LogP contribution in [-0.4, -0.2) is 27.6 Å². The molecule has 0 unspecified atom stereocenters. The normalized spacial score (nSPS) is 17.8. The Balaban J connectivity index is 1.64. The molecule has 0 bridgehead atoms. The number of aryl methyl sites for hydroxylation is 3. The lowest BCUT2D eigenvalue weighted by Crippen LogP contribution is -2.28. The molecule has 28 heavy (non-hydrogen) atoms. The second-order valence-electron chi connectivity index (χ2n) is 8.17. The van der Waals surface area contributed by atoms with E-state index in [4.69, 9.17) is 21.6 Å². The van der Waals surface area contributed by atoms with Gasteiger partial charge < -0.3 is 9.88 Å². The molecule has 2 aliphatic rings. The van der Waals surface area contributed by atoms with Crippen molar-refractivity contribution in [2.24, 2.45) is 5.92 Å². The lowest BCUT2D eigenvalue weighted by molar-refractivity contribution is 0.340. The summed E-state index contributed by atoms with van der Waals surface area (Å²) in [6, 6.07) is 10.5. The lowest BCUT2D eigenvalue weighted by atomic mass is 9.93. The number of piperidine rings is 1. The smallest absolute Gasteiger partial charge is 0.157 e. The molecule has 1 N–H and O–H groups in total. The molecule has 0 amide bonds. The van der Waals surface area contributed by atoms with Gasteiger partial charge in [-0.25, -0.2) is 9.97 Å². The van der Waals surface area contributed by atoms with Gasteiger partial charge in [-0.15, -0.1) is 0 Å². The van der Waals surface area contributed by atoms with Gasteiger partial charge in [0.1, 0.15) is 11.3 Å². The Kier molecular flexibility index (Phi) is 5.08. The number of imidazole rings is 1. The molecule has 0 atom stereocenters. The Morgan fingerprint density at radius 3 is 2.64 bits per heavy atom. The minimum Gasteiger partial charge on any atom is -0.324 e. The Morgan fingerprint density at radius 2 is 1.82 bits per heavy atom. The molecule has 0 spiro atoms. The first-order valence-electron chi connectivity index (χ1n) is 10.6. The van der Waals surface area contributed by atoms with Gasteiger partial charge in [0, 0.05) is 17.8 Å². The van der Waals surface area contributed by atoms with Gasteiger partial charge in [-0.2, -0.15) is 0 Å². The van der Waals surface area contributed by atoms with Gasteiger partial charge in [-0.1, -0.05) is 41.9 Å². The quantitative estimate of drug-likeness (QED) is 0.632. The number of fused-ring (bicyclic) bond motifs is 3. The monoisotopic (exact) mass is 394 g/mol. The van der Waals surface area contributed by atoms with Crippen LogP contribution in [0.25, 0.3) is 22.4 Å². The molecule has 1 fully saturated rings. The molecule has 0 saturated carbocycles. The van der Waals surface area contributed by atoms with Crippen LogP contribution in [0.15, 0.2) is 30.3 Å². The van der Waals surface area contributed by atoms with E-state index in [2.05, 4.69) is 40.2 Å². The second-order valence-corrected chi connectivity index (χ2v) is 8.53. The van der Waals surface area contributed by atoms with E-state index in [1.807, 2.05) is 0 Å². The predicted octanol–water partition coefficient (Wildman–Crippen LogP) is 5.02. The van der Waals surface area contributed by atoms with E-state index < -0.39 is 0 Å². The molecule has 1 aromatic carbocycles. The van der Waals surface area contributed by atoms with Crippen LogP contribution in [0.2, 0.25) is 5.15 Å². The Morgan fingerprint density at radius 1 is 1.04 bits per heavy atom. The van der Waals surface area contributed by atoms with E-state index in [1.165, 1.54) is 48.9 Å². The minimum atomic E-state index is 0.563.